The number of nitrogens with one attached hydrogen (secondary N) is 2. The van der Waals surface area contributed by atoms with Crippen LogP contribution in [-0.4, -0.2) is 23.5 Å². The van der Waals surface area contributed by atoms with Gasteiger partial charge in [0.1, 0.15) is 18.1 Å². The first kappa shape index (κ1) is 24.8. The van der Waals surface area contributed by atoms with Crippen LogP contribution in [0.15, 0.2) is 59.5 Å². The third-order valence-electron chi connectivity index (χ3n) is 4.53. The standard InChI is InChI=1S/C22H16ClF4N3O4/c1-34-18-6-4-14(9-17(18)29-21(33)15-5-3-13(23)8-16(15)24)28-19(31)11-30-10-12(22(25,26)27)2-7-20(30)32/h2-10H,11H2,1H3,(H,28,31)(H,29,33). The first-order chi connectivity index (χ1) is 16.0. The van der Waals surface area contributed by atoms with Gasteiger partial charge in [0.15, 0.2) is 0 Å². The van der Waals surface area contributed by atoms with Crippen LogP contribution in [0.1, 0.15) is 15.9 Å². The van der Waals surface area contributed by atoms with Gasteiger partial charge in [-0.25, -0.2) is 4.39 Å². The minimum absolute atomic E-state index is 0.0795. The van der Waals surface area contributed by atoms with E-state index in [-0.39, 0.29) is 27.7 Å². The normalized spacial score (nSPS) is 11.1. The van der Waals surface area contributed by atoms with E-state index in [0.717, 1.165) is 6.07 Å². The zero-order chi connectivity index (χ0) is 25.0. The summed E-state index contributed by atoms with van der Waals surface area (Å²) in [6, 6.07) is 8.95. The molecule has 2 aromatic carbocycles. The van der Waals surface area contributed by atoms with Crippen LogP contribution in [0.5, 0.6) is 5.75 Å². The molecule has 0 radical (unpaired) electrons. The van der Waals surface area contributed by atoms with Gasteiger partial charge < -0.3 is 19.9 Å². The van der Waals surface area contributed by atoms with Gasteiger partial charge in [0.2, 0.25) is 5.91 Å². The summed E-state index contributed by atoms with van der Waals surface area (Å²) in [5, 5.41) is 4.98. The number of carbonyl (C=O) groups excluding carboxylic acids is 2. The molecular formula is C22H16ClF4N3O4. The molecule has 3 rings (SSSR count). The maximum Gasteiger partial charge on any atom is 0.417 e. The van der Waals surface area contributed by atoms with Gasteiger partial charge in [0.25, 0.3) is 11.5 Å². The lowest BCUT2D eigenvalue weighted by atomic mass is 10.2. The molecule has 1 heterocycles. The Balaban J connectivity index is 1.79. The predicted octanol–water partition coefficient (Wildman–Crippen LogP) is 4.56. The monoisotopic (exact) mass is 497 g/mol. The number of rotatable bonds is 6. The average Bonchev–Trinajstić information content (AvgIpc) is 2.74. The maximum absolute atomic E-state index is 14.0. The number of benzene rings is 2. The predicted molar refractivity (Wildman–Crippen MR) is 117 cm³/mol. The number of anilines is 2. The zero-order valence-corrected chi connectivity index (χ0v) is 18.1. The quantitative estimate of drug-likeness (QED) is 0.489. The van der Waals surface area contributed by atoms with Crippen molar-refractivity contribution in [2.45, 2.75) is 12.7 Å². The molecule has 0 bridgehead atoms. The summed E-state index contributed by atoms with van der Waals surface area (Å²) < 4.78 is 58.5. The van der Waals surface area contributed by atoms with Crippen LogP contribution in [-0.2, 0) is 17.5 Å². The van der Waals surface area contributed by atoms with Gasteiger partial charge in [-0.05, 0) is 42.5 Å². The summed E-state index contributed by atoms with van der Waals surface area (Å²) in [6.45, 7) is -0.688. The second kappa shape index (κ2) is 9.96. The Morgan fingerprint density at radius 2 is 1.79 bits per heavy atom. The fourth-order valence-electron chi connectivity index (χ4n) is 2.92. The molecule has 0 atom stereocenters. The molecule has 12 heteroatoms. The van der Waals surface area contributed by atoms with Crippen molar-refractivity contribution in [3.8, 4) is 5.75 Å². The number of hydrogen-bond acceptors (Lipinski definition) is 4. The summed E-state index contributed by atoms with van der Waals surface area (Å²) in [6.07, 6.45) is -4.14. The Hall–Kier alpha value is -3.86. The first-order valence-electron chi connectivity index (χ1n) is 9.50. The number of aromatic nitrogens is 1. The van der Waals surface area contributed by atoms with E-state index in [1.807, 2.05) is 0 Å². The van der Waals surface area contributed by atoms with Gasteiger partial charge in [-0.2, -0.15) is 13.2 Å². The topological polar surface area (TPSA) is 89.4 Å². The number of methoxy groups -OCH3 is 1. The second-order valence-corrected chi connectivity index (χ2v) is 7.36. The number of hydrogen-bond donors (Lipinski definition) is 2. The first-order valence-corrected chi connectivity index (χ1v) is 9.87. The maximum atomic E-state index is 14.0. The molecule has 7 nitrogen and oxygen atoms in total. The van der Waals surface area contributed by atoms with E-state index in [0.29, 0.717) is 22.9 Å². The lowest BCUT2D eigenvalue weighted by Crippen LogP contribution is -2.28. The van der Waals surface area contributed by atoms with Gasteiger partial charge in [-0.3, -0.25) is 14.4 Å². The van der Waals surface area contributed by atoms with Crippen LogP contribution in [0.4, 0.5) is 28.9 Å². The van der Waals surface area contributed by atoms with Gasteiger partial charge in [0, 0.05) is 23.0 Å². The molecule has 0 aliphatic heterocycles. The van der Waals surface area contributed by atoms with E-state index in [1.54, 1.807) is 0 Å². The lowest BCUT2D eigenvalue weighted by molar-refractivity contribution is -0.138. The molecule has 0 saturated heterocycles. The number of halogens is 5. The van der Waals surface area contributed by atoms with Gasteiger partial charge in [0.05, 0.1) is 23.9 Å². The van der Waals surface area contributed by atoms with Crippen molar-refractivity contribution in [2.75, 3.05) is 17.7 Å². The molecule has 0 aliphatic rings. The highest BCUT2D eigenvalue weighted by Gasteiger charge is 2.31. The Bertz CT molecular complexity index is 1310. The van der Waals surface area contributed by atoms with Crippen molar-refractivity contribution >= 4 is 34.8 Å². The highest BCUT2D eigenvalue weighted by atomic mass is 35.5. The van der Waals surface area contributed by atoms with Crippen LogP contribution in [0.2, 0.25) is 5.02 Å². The Kier molecular flexibility index (Phi) is 7.26. The van der Waals surface area contributed by atoms with Crippen LogP contribution >= 0.6 is 11.6 Å². The average molecular weight is 498 g/mol. The van der Waals surface area contributed by atoms with Crippen molar-refractivity contribution in [2.24, 2.45) is 0 Å². The highest BCUT2D eigenvalue weighted by molar-refractivity contribution is 6.30. The summed E-state index contributed by atoms with van der Waals surface area (Å²) in [5.74, 6) is -2.27. The molecule has 0 spiro atoms. The number of amides is 2. The van der Waals surface area contributed by atoms with Crippen molar-refractivity contribution in [3.05, 3.63) is 87.0 Å². The van der Waals surface area contributed by atoms with Crippen molar-refractivity contribution in [1.29, 1.82) is 0 Å². The molecule has 0 fully saturated rings. The molecule has 0 aliphatic carbocycles. The molecule has 0 unspecified atom stereocenters. The molecule has 3 aromatic rings. The Morgan fingerprint density at radius 3 is 2.44 bits per heavy atom. The van der Waals surface area contributed by atoms with Crippen LogP contribution in [0.25, 0.3) is 0 Å². The fourth-order valence-corrected chi connectivity index (χ4v) is 3.08. The van der Waals surface area contributed by atoms with Gasteiger partial charge in [-0.1, -0.05) is 11.6 Å². The van der Waals surface area contributed by atoms with Crippen molar-refractivity contribution in [3.63, 3.8) is 0 Å². The highest BCUT2D eigenvalue weighted by Crippen LogP contribution is 2.29. The molecular weight excluding hydrogens is 482 g/mol. The molecule has 178 valence electrons. The van der Waals surface area contributed by atoms with Gasteiger partial charge >= 0.3 is 6.18 Å². The van der Waals surface area contributed by atoms with E-state index >= 15 is 0 Å². The summed E-state index contributed by atoms with van der Waals surface area (Å²) >= 11 is 5.69. The second-order valence-electron chi connectivity index (χ2n) is 6.92. The molecule has 34 heavy (non-hydrogen) atoms. The molecule has 1 aromatic heterocycles. The van der Waals surface area contributed by atoms with Crippen molar-refractivity contribution < 1.29 is 31.9 Å². The smallest absolute Gasteiger partial charge is 0.417 e. The number of nitrogens with zero attached hydrogens (tertiary/aromatic N) is 1. The fraction of sp³-hybridized carbons (Fsp3) is 0.136. The van der Waals surface area contributed by atoms with Crippen molar-refractivity contribution in [1.82, 2.24) is 4.57 Å². The third kappa shape index (κ3) is 5.93. The number of ether oxygens (including phenoxy) is 1. The Labute approximate surface area is 194 Å². The zero-order valence-electron chi connectivity index (χ0n) is 17.4. The SMILES string of the molecule is COc1ccc(NC(=O)Cn2cc(C(F)(F)F)ccc2=O)cc1NC(=O)c1ccc(Cl)cc1F. The van der Waals surface area contributed by atoms with E-state index in [4.69, 9.17) is 16.3 Å². The lowest BCUT2D eigenvalue weighted by Gasteiger charge is -2.14. The summed E-state index contributed by atoms with van der Waals surface area (Å²) in [7, 11) is 1.33. The van der Waals surface area contributed by atoms with E-state index in [1.165, 1.54) is 37.4 Å². The number of alkyl halides is 3. The Morgan fingerprint density at radius 1 is 1.06 bits per heavy atom. The molecule has 2 amide bonds. The largest absolute Gasteiger partial charge is 0.495 e. The summed E-state index contributed by atoms with van der Waals surface area (Å²) in [4.78, 5) is 36.7. The van der Waals surface area contributed by atoms with Crippen LogP contribution in [0.3, 0.4) is 0 Å². The van der Waals surface area contributed by atoms with E-state index in [2.05, 4.69) is 10.6 Å². The minimum atomic E-state index is -4.68. The third-order valence-corrected chi connectivity index (χ3v) is 4.77. The number of carbonyl (C=O) groups is 2. The minimum Gasteiger partial charge on any atom is -0.495 e. The molecule has 0 saturated carbocycles. The van der Waals surface area contributed by atoms with Crippen LogP contribution in [0, 0.1) is 5.82 Å². The summed E-state index contributed by atoms with van der Waals surface area (Å²) in [5.41, 5.74) is -1.95. The molecule has 2 N–H and O–H groups in total. The van der Waals surface area contributed by atoms with E-state index in [9.17, 15) is 31.9 Å². The van der Waals surface area contributed by atoms with Gasteiger partial charge in [-0.15, -0.1) is 0 Å². The van der Waals surface area contributed by atoms with Crippen LogP contribution < -0.4 is 20.9 Å². The van der Waals surface area contributed by atoms with E-state index < -0.39 is 41.5 Å². The number of pyridine rings is 1.